The van der Waals surface area contributed by atoms with Gasteiger partial charge in [0.1, 0.15) is 0 Å². The van der Waals surface area contributed by atoms with Crippen molar-refractivity contribution in [2.45, 2.75) is 89.0 Å². The van der Waals surface area contributed by atoms with Crippen LogP contribution in [-0.4, -0.2) is 29.6 Å². The lowest BCUT2D eigenvalue weighted by atomic mass is 10.2. The molecule has 0 aromatic rings. The Morgan fingerprint density at radius 2 is 1.17 bits per heavy atom. The van der Waals surface area contributed by atoms with Gasteiger partial charge in [0.15, 0.2) is 0 Å². The Balaban J connectivity index is 2.29. The van der Waals surface area contributed by atoms with Crippen LogP contribution in [0.1, 0.15) is 72.1 Å². The summed E-state index contributed by atoms with van der Waals surface area (Å²) in [5.74, 6) is 0. The van der Waals surface area contributed by atoms with E-state index in [9.17, 15) is 8.42 Å². The number of sulfonamides is 1. The van der Waals surface area contributed by atoms with Crippen molar-refractivity contribution in [3.8, 4) is 0 Å². The first kappa shape index (κ1) is 14.3. The summed E-state index contributed by atoms with van der Waals surface area (Å²) >= 11 is 0. The van der Waals surface area contributed by atoms with E-state index in [-0.39, 0.29) is 12.1 Å². The third kappa shape index (κ3) is 2.60. The van der Waals surface area contributed by atoms with E-state index in [4.69, 9.17) is 0 Å². The molecule has 2 saturated carbocycles. The Kier molecular flexibility index (Phi) is 4.07. The van der Waals surface area contributed by atoms with E-state index in [0.29, 0.717) is 0 Å². The maximum absolute atomic E-state index is 12.9. The molecule has 18 heavy (non-hydrogen) atoms. The zero-order chi connectivity index (χ0) is 13.4. The van der Waals surface area contributed by atoms with Crippen LogP contribution in [0.4, 0.5) is 0 Å². The molecule has 2 fully saturated rings. The normalized spacial score (nSPS) is 24.2. The molecule has 0 aliphatic heterocycles. The van der Waals surface area contributed by atoms with Crippen molar-refractivity contribution in [2.24, 2.45) is 0 Å². The van der Waals surface area contributed by atoms with E-state index in [1.54, 1.807) is 0 Å². The van der Waals surface area contributed by atoms with E-state index >= 15 is 0 Å². The minimum atomic E-state index is -3.17. The molecule has 2 aliphatic carbocycles. The first-order chi connectivity index (χ1) is 8.34. The zero-order valence-corrected chi connectivity index (χ0v) is 12.8. The topological polar surface area (TPSA) is 37.4 Å². The lowest BCUT2D eigenvalue weighted by molar-refractivity contribution is 0.245. The summed E-state index contributed by atoms with van der Waals surface area (Å²) in [5, 5.41) is 0. The maximum atomic E-state index is 12.9. The summed E-state index contributed by atoms with van der Waals surface area (Å²) < 4.78 is 27.0. The second-order valence-electron chi connectivity index (χ2n) is 6.82. The summed E-state index contributed by atoms with van der Waals surface area (Å²) in [4.78, 5) is 0. The van der Waals surface area contributed by atoms with Crippen LogP contribution >= 0.6 is 0 Å². The van der Waals surface area contributed by atoms with Gasteiger partial charge in [-0.3, -0.25) is 0 Å². The lowest BCUT2D eigenvalue weighted by Crippen LogP contribution is -2.51. The number of rotatable bonds is 3. The van der Waals surface area contributed by atoms with Crippen LogP contribution in [0.2, 0.25) is 0 Å². The van der Waals surface area contributed by atoms with Gasteiger partial charge in [-0.15, -0.1) is 0 Å². The molecule has 0 aromatic heterocycles. The molecule has 0 N–H and O–H groups in total. The molecular formula is C14H27NO2S. The summed E-state index contributed by atoms with van der Waals surface area (Å²) in [6, 6.07) is 0.551. The number of hydrogen-bond donors (Lipinski definition) is 0. The Labute approximate surface area is 112 Å². The molecular weight excluding hydrogens is 246 g/mol. The van der Waals surface area contributed by atoms with E-state index in [1.807, 2.05) is 25.1 Å². The van der Waals surface area contributed by atoms with Gasteiger partial charge in [0, 0.05) is 12.1 Å². The third-order valence-corrected chi connectivity index (χ3v) is 7.12. The second-order valence-corrected chi connectivity index (χ2v) is 9.42. The first-order valence-electron chi connectivity index (χ1n) is 7.37. The highest BCUT2D eigenvalue weighted by Crippen LogP contribution is 2.37. The van der Waals surface area contributed by atoms with Gasteiger partial charge in [-0.05, 0) is 46.5 Å². The van der Waals surface area contributed by atoms with Crippen molar-refractivity contribution in [1.29, 1.82) is 0 Å². The van der Waals surface area contributed by atoms with Gasteiger partial charge in [-0.2, -0.15) is 4.31 Å². The highest BCUT2D eigenvalue weighted by Gasteiger charge is 2.44. The van der Waals surface area contributed by atoms with Crippen molar-refractivity contribution in [1.82, 2.24) is 4.31 Å². The molecule has 0 saturated heterocycles. The highest BCUT2D eigenvalue weighted by atomic mass is 32.2. The van der Waals surface area contributed by atoms with Crippen LogP contribution in [0.25, 0.3) is 0 Å². The quantitative estimate of drug-likeness (QED) is 0.791. The Morgan fingerprint density at radius 3 is 1.44 bits per heavy atom. The third-order valence-electron chi connectivity index (χ3n) is 4.42. The molecule has 106 valence electrons. The number of nitrogens with zero attached hydrogens (tertiary/aromatic N) is 1. The zero-order valence-electron chi connectivity index (χ0n) is 12.0. The van der Waals surface area contributed by atoms with Crippen LogP contribution in [0.15, 0.2) is 0 Å². The molecule has 0 radical (unpaired) electrons. The molecule has 2 rings (SSSR count). The molecule has 3 nitrogen and oxygen atoms in total. The fraction of sp³-hybridized carbons (Fsp3) is 1.00. The van der Waals surface area contributed by atoms with Crippen LogP contribution in [-0.2, 0) is 10.0 Å². The molecule has 0 atom stereocenters. The smallest absolute Gasteiger partial charge is 0.212 e. The summed E-state index contributed by atoms with van der Waals surface area (Å²) in [7, 11) is -3.17. The van der Waals surface area contributed by atoms with Crippen molar-refractivity contribution in [2.75, 3.05) is 0 Å². The minimum absolute atomic E-state index is 0.275. The second kappa shape index (κ2) is 5.12. The molecule has 0 amide bonds. The molecule has 0 spiro atoms. The minimum Gasteiger partial charge on any atom is -0.212 e. The maximum Gasteiger partial charge on any atom is 0.219 e. The molecule has 0 aromatic carbocycles. The van der Waals surface area contributed by atoms with Crippen molar-refractivity contribution < 1.29 is 8.42 Å². The van der Waals surface area contributed by atoms with Gasteiger partial charge in [0.05, 0.1) is 4.75 Å². The predicted molar refractivity (Wildman–Crippen MR) is 75.0 cm³/mol. The molecule has 0 heterocycles. The average molecular weight is 273 g/mol. The standard InChI is InChI=1S/C14H27NO2S/c1-14(2,3)18(16,17)15(12-8-4-5-9-12)13-10-6-7-11-13/h12-13H,4-11H2,1-3H3. The Morgan fingerprint density at radius 1 is 0.833 bits per heavy atom. The monoisotopic (exact) mass is 273 g/mol. The Bertz CT molecular complexity index is 355. The summed E-state index contributed by atoms with van der Waals surface area (Å²) in [5.41, 5.74) is 0. The molecule has 2 aliphatic rings. The van der Waals surface area contributed by atoms with E-state index in [2.05, 4.69) is 0 Å². The van der Waals surface area contributed by atoms with Gasteiger partial charge in [0.25, 0.3) is 0 Å². The summed E-state index contributed by atoms with van der Waals surface area (Å²) in [6.45, 7) is 5.50. The Hall–Kier alpha value is -0.0900. The van der Waals surface area contributed by atoms with Gasteiger partial charge in [-0.25, -0.2) is 8.42 Å². The highest BCUT2D eigenvalue weighted by molar-refractivity contribution is 7.90. The fourth-order valence-corrected chi connectivity index (χ4v) is 5.16. The van der Waals surface area contributed by atoms with Crippen LogP contribution in [0, 0.1) is 0 Å². The van der Waals surface area contributed by atoms with Gasteiger partial charge in [-0.1, -0.05) is 25.7 Å². The molecule has 0 unspecified atom stereocenters. The molecule has 4 heteroatoms. The van der Waals surface area contributed by atoms with Crippen molar-refractivity contribution in [3.05, 3.63) is 0 Å². The summed E-state index contributed by atoms with van der Waals surface area (Å²) in [6.07, 6.45) is 9.00. The average Bonchev–Trinajstić information content (AvgIpc) is 2.88. The van der Waals surface area contributed by atoms with Crippen molar-refractivity contribution >= 4 is 10.0 Å². The largest absolute Gasteiger partial charge is 0.219 e. The van der Waals surface area contributed by atoms with Gasteiger partial charge in [0.2, 0.25) is 10.0 Å². The van der Waals surface area contributed by atoms with E-state index in [0.717, 1.165) is 25.7 Å². The predicted octanol–water partition coefficient (Wildman–Crippen LogP) is 3.30. The lowest BCUT2D eigenvalue weighted by Gasteiger charge is -2.38. The van der Waals surface area contributed by atoms with Crippen LogP contribution < -0.4 is 0 Å². The van der Waals surface area contributed by atoms with Gasteiger partial charge >= 0.3 is 0 Å². The van der Waals surface area contributed by atoms with E-state index < -0.39 is 14.8 Å². The SMILES string of the molecule is CC(C)(C)S(=O)(=O)N(C1CCCC1)C1CCCC1. The van der Waals surface area contributed by atoms with Crippen LogP contribution in [0.5, 0.6) is 0 Å². The van der Waals surface area contributed by atoms with Gasteiger partial charge < -0.3 is 0 Å². The fourth-order valence-electron chi connectivity index (χ4n) is 3.32. The van der Waals surface area contributed by atoms with E-state index in [1.165, 1.54) is 25.7 Å². The number of hydrogen-bond acceptors (Lipinski definition) is 2. The van der Waals surface area contributed by atoms with Crippen molar-refractivity contribution in [3.63, 3.8) is 0 Å². The molecule has 0 bridgehead atoms. The first-order valence-corrected chi connectivity index (χ1v) is 8.81. The van der Waals surface area contributed by atoms with Crippen LogP contribution in [0.3, 0.4) is 0 Å².